The molecule has 7 heteroatoms. The molecule has 90 valence electrons. The Hall–Kier alpha value is -0.730. The number of esters is 1. The Kier molecular flexibility index (Phi) is 6.37. The van der Waals surface area contributed by atoms with E-state index in [1.54, 1.807) is 0 Å². The van der Waals surface area contributed by atoms with Crippen molar-refractivity contribution in [3.63, 3.8) is 0 Å². The number of carbonyl (C=O) groups excluding carboxylic acids is 1. The number of hydrogen-bond donors (Lipinski definition) is 5. The van der Waals surface area contributed by atoms with Crippen LogP contribution in [-0.2, 0) is 9.53 Å². The van der Waals surface area contributed by atoms with Crippen LogP contribution in [0.25, 0.3) is 0 Å². The molecule has 6 N–H and O–H groups in total. The summed E-state index contributed by atoms with van der Waals surface area (Å²) in [6.45, 7) is 0.228. The van der Waals surface area contributed by atoms with Gasteiger partial charge in [0.2, 0.25) is 0 Å². The van der Waals surface area contributed by atoms with Gasteiger partial charge < -0.3 is 30.9 Å². The van der Waals surface area contributed by atoms with Gasteiger partial charge in [-0.1, -0.05) is 0 Å². The van der Waals surface area contributed by atoms with Crippen LogP contribution in [0, 0.1) is 0 Å². The van der Waals surface area contributed by atoms with Crippen LogP contribution in [0.3, 0.4) is 0 Å². The minimum absolute atomic E-state index is 0.487. The van der Waals surface area contributed by atoms with E-state index < -0.39 is 43.5 Å². The summed E-state index contributed by atoms with van der Waals surface area (Å²) in [6.07, 6.45) is -4.51. The zero-order valence-corrected chi connectivity index (χ0v) is 8.41. The van der Waals surface area contributed by atoms with Gasteiger partial charge in [0.05, 0.1) is 6.61 Å². The molecule has 0 aromatic rings. The zero-order chi connectivity index (χ0) is 12.0. The molecule has 0 radical (unpaired) electrons. The maximum absolute atomic E-state index is 10.9. The average molecular weight is 223 g/mol. The molecule has 0 unspecified atom stereocenters. The third kappa shape index (κ3) is 5.05. The molecular weight excluding hydrogens is 206 g/mol. The Morgan fingerprint density at radius 3 is 2.27 bits per heavy atom. The molecule has 0 aromatic heterocycles. The number of aliphatic hydroxyl groups is 4. The van der Waals surface area contributed by atoms with E-state index in [1.807, 2.05) is 0 Å². The second-order valence-electron chi connectivity index (χ2n) is 3.23. The summed E-state index contributed by atoms with van der Waals surface area (Å²) in [5.74, 6) is -0.722. The van der Waals surface area contributed by atoms with Crippen molar-refractivity contribution in [1.82, 2.24) is 0 Å². The quantitative estimate of drug-likeness (QED) is 0.302. The Balaban J connectivity index is 3.92. The van der Waals surface area contributed by atoms with E-state index in [0.717, 1.165) is 0 Å². The molecule has 4 atom stereocenters. The van der Waals surface area contributed by atoms with Crippen molar-refractivity contribution in [2.45, 2.75) is 31.3 Å². The monoisotopic (exact) mass is 223 g/mol. The fourth-order valence-corrected chi connectivity index (χ4v) is 0.762. The topological polar surface area (TPSA) is 133 Å². The van der Waals surface area contributed by atoms with Crippen molar-refractivity contribution in [2.24, 2.45) is 5.73 Å². The van der Waals surface area contributed by atoms with Gasteiger partial charge in [0, 0.05) is 0 Å². The second kappa shape index (κ2) is 6.70. The molecule has 0 aliphatic heterocycles. The summed E-state index contributed by atoms with van der Waals surface area (Å²) in [5.41, 5.74) is 5.18. The number of carbonyl (C=O) groups is 1. The van der Waals surface area contributed by atoms with Gasteiger partial charge in [-0.05, 0) is 6.92 Å². The number of ether oxygens (including phenoxy) is 1. The van der Waals surface area contributed by atoms with E-state index in [9.17, 15) is 9.90 Å². The van der Waals surface area contributed by atoms with Crippen molar-refractivity contribution < 1.29 is 30.0 Å². The maximum atomic E-state index is 10.9. The van der Waals surface area contributed by atoms with Gasteiger partial charge in [-0.15, -0.1) is 0 Å². The number of nitrogens with two attached hydrogens (primary N) is 1. The molecule has 0 heterocycles. The van der Waals surface area contributed by atoms with Gasteiger partial charge in [-0.25, -0.2) is 0 Å². The van der Waals surface area contributed by atoms with Crippen LogP contribution in [0.2, 0.25) is 0 Å². The summed E-state index contributed by atoms with van der Waals surface area (Å²) in [7, 11) is 0. The van der Waals surface area contributed by atoms with E-state index in [1.165, 1.54) is 6.92 Å². The van der Waals surface area contributed by atoms with Crippen LogP contribution >= 0.6 is 0 Å². The number of rotatable bonds is 6. The zero-order valence-electron chi connectivity index (χ0n) is 8.41. The van der Waals surface area contributed by atoms with Crippen LogP contribution in [0.15, 0.2) is 0 Å². The smallest absolute Gasteiger partial charge is 0.322 e. The van der Waals surface area contributed by atoms with Crippen molar-refractivity contribution in [3.05, 3.63) is 0 Å². The molecule has 0 aromatic carbocycles. The maximum Gasteiger partial charge on any atom is 0.322 e. The lowest BCUT2D eigenvalue weighted by molar-refractivity contribution is -0.153. The summed E-state index contributed by atoms with van der Waals surface area (Å²) in [4.78, 5) is 10.9. The average Bonchev–Trinajstić information content (AvgIpc) is 2.22. The first-order valence-corrected chi connectivity index (χ1v) is 4.47. The van der Waals surface area contributed by atoms with Crippen LogP contribution in [0.1, 0.15) is 6.92 Å². The molecule has 0 amide bonds. The van der Waals surface area contributed by atoms with Crippen molar-refractivity contribution in [3.8, 4) is 0 Å². The first-order valence-electron chi connectivity index (χ1n) is 4.47. The predicted octanol–water partition coefficient (Wildman–Crippen LogP) is -3.05. The number of aliphatic hydroxyl groups excluding tert-OH is 4. The lowest BCUT2D eigenvalue weighted by Crippen LogP contribution is -2.43. The fraction of sp³-hybridized carbons (Fsp3) is 0.875. The predicted molar refractivity (Wildman–Crippen MR) is 49.7 cm³/mol. The van der Waals surface area contributed by atoms with Crippen LogP contribution in [0.4, 0.5) is 0 Å². The van der Waals surface area contributed by atoms with Crippen molar-refractivity contribution in [2.75, 3.05) is 13.2 Å². The highest BCUT2D eigenvalue weighted by Crippen LogP contribution is 2.01. The lowest BCUT2D eigenvalue weighted by Gasteiger charge is -2.21. The highest BCUT2D eigenvalue weighted by atomic mass is 16.5. The van der Waals surface area contributed by atoms with Gasteiger partial charge >= 0.3 is 5.97 Å². The Bertz CT molecular complexity index is 198. The highest BCUT2D eigenvalue weighted by molar-refractivity contribution is 5.74. The minimum atomic E-state index is -1.57. The molecule has 15 heavy (non-hydrogen) atoms. The SMILES string of the molecule is C[C@H](N)C(=O)OC[C@H](O)[C@@H](O)[C@H](O)CO. The first-order chi connectivity index (χ1) is 6.90. The number of hydrogen-bond acceptors (Lipinski definition) is 7. The van der Waals surface area contributed by atoms with Gasteiger partial charge in [0.15, 0.2) is 0 Å². The van der Waals surface area contributed by atoms with Crippen molar-refractivity contribution >= 4 is 5.97 Å². The van der Waals surface area contributed by atoms with Gasteiger partial charge in [-0.3, -0.25) is 4.79 Å². The summed E-state index contributed by atoms with van der Waals surface area (Å²) in [6, 6.07) is -0.822. The molecule has 0 fully saturated rings. The molecule has 0 bridgehead atoms. The third-order valence-corrected chi connectivity index (χ3v) is 1.74. The van der Waals surface area contributed by atoms with E-state index in [-0.39, 0.29) is 0 Å². The Morgan fingerprint density at radius 1 is 1.33 bits per heavy atom. The Labute approximate surface area is 87.1 Å². The largest absolute Gasteiger partial charge is 0.462 e. The molecule has 0 aliphatic carbocycles. The highest BCUT2D eigenvalue weighted by Gasteiger charge is 2.25. The van der Waals surface area contributed by atoms with E-state index in [0.29, 0.717) is 0 Å². The molecule has 0 spiro atoms. The first kappa shape index (κ1) is 14.3. The van der Waals surface area contributed by atoms with Gasteiger partial charge in [-0.2, -0.15) is 0 Å². The normalized spacial score (nSPS) is 19.1. The van der Waals surface area contributed by atoms with E-state index in [4.69, 9.17) is 21.1 Å². The summed E-state index contributed by atoms with van der Waals surface area (Å²) >= 11 is 0. The Morgan fingerprint density at radius 2 is 1.87 bits per heavy atom. The lowest BCUT2D eigenvalue weighted by atomic mass is 10.1. The van der Waals surface area contributed by atoms with E-state index >= 15 is 0 Å². The molecule has 0 saturated carbocycles. The molecule has 7 nitrogen and oxygen atoms in total. The summed E-state index contributed by atoms with van der Waals surface area (Å²) in [5, 5.41) is 35.8. The van der Waals surface area contributed by atoms with Crippen LogP contribution < -0.4 is 5.73 Å². The molecule has 0 rings (SSSR count). The minimum Gasteiger partial charge on any atom is -0.462 e. The second-order valence-corrected chi connectivity index (χ2v) is 3.23. The fourth-order valence-electron chi connectivity index (χ4n) is 0.762. The molecule has 0 aliphatic rings. The standard InChI is InChI=1S/C8H17NO6/c1-4(9)8(14)15-3-6(12)7(13)5(11)2-10/h4-7,10-13H,2-3,9H2,1H3/t4-,5+,6-,7-/m0/s1. The van der Waals surface area contributed by atoms with Crippen LogP contribution in [0.5, 0.6) is 0 Å². The van der Waals surface area contributed by atoms with E-state index in [2.05, 4.69) is 4.74 Å². The summed E-state index contributed by atoms with van der Waals surface area (Å²) < 4.78 is 4.51. The third-order valence-electron chi connectivity index (χ3n) is 1.74. The molecular formula is C8H17NO6. The van der Waals surface area contributed by atoms with Gasteiger partial charge in [0.25, 0.3) is 0 Å². The van der Waals surface area contributed by atoms with Gasteiger partial charge in [0.1, 0.15) is 31.0 Å². The van der Waals surface area contributed by atoms with Crippen molar-refractivity contribution in [1.29, 1.82) is 0 Å². The van der Waals surface area contributed by atoms with Crippen LogP contribution in [-0.4, -0.2) is 64.0 Å². The molecule has 0 saturated heterocycles.